The zero-order chi connectivity index (χ0) is 14.5. The topological polar surface area (TPSA) is 56.5 Å². The highest BCUT2D eigenvalue weighted by atomic mass is 19.1. The van der Waals surface area contributed by atoms with Gasteiger partial charge in [0.15, 0.2) is 11.6 Å². The van der Waals surface area contributed by atoms with E-state index < -0.39 is 5.82 Å². The number of rotatable bonds is 6. The van der Waals surface area contributed by atoms with Gasteiger partial charge in [-0.2, -0.15) is 0 Å². The van der Waals surface area contributed by atoms with Gasteiger partial charge in [0.2, 0.25) is 0 Å². The van der Waals surface area contributed by atoms with Crippen LogP contribution in [0.5, 0.6) is 5.75 Å². The lowest BCUT2D eigenvalue weighted by molar-refractivity contribution is 0.108. The molecule has 2 unspecified atom stereocenters. The summed E-state index contributed by atoms with van der Waals surface area (Å²) in [7, 11) is 0. The van der Waals surface area contributed by atoms with E-state index in [1.165, 1.54) is 6.07 Å². The molecule has 1 fully saturated rings. The van der Waals surface area contributed by atoms with E-state index in [9.17, 15) is 4.39 Å². The van der Waals surface area contributed by atoms with Gasteiger partial charge in [-0.15, -0.1) is 0 Å². The van der Waals surface area contributed by atoms with E-state index in [1.54, 1.807) is 6.07 Å². The molecule has 0 aromatic heterocycles. The summed E-state index contributed by atoms with van der Waals surface area (Å²) in [6.45, 7) is 6.12. The second-order valence-electron chi connectivity index (χ2n) is 5.22. The van der Waals surface area contributed by atoms with Crippen molar-refractivity contribution in [1.29, 1.82) is 0 Å². The third kappa shape index (κ3) is 3.54. The molecular weight excluding hydrogens is 259 g/mol. The molecule has 112 valence electrons. The second-order valence-corrected chi connectivity index (χ2v) is 5.22. The Balaban J connectivity index is 2.02. The van der Waals surface area contributed by atoms with E-state index in [-0.39, 0.29) is 11.9 Å². The van der Waals surface area contributed by atoms with Gasteiger partial charge >= 0.3 is 0 Å². The summed E-state index contributed by atoms with van der Waals surface area (Å²) in [5.41, 5.74) is 6.97. The minimum atomic E-state index is -0.418. The van der Waals surface area contributed by atoms with Crippen molar-refractivity contribution in [3.05, 3.63) is 17.9 Å². The first-order valence-electron chi connectivity index (χ1n) is 7.19. The maximum Gasteiger partial charge on any atom is 0.167 e. The second kappa shape index (κ2) is 6.79. The molecule has 5 heteroatoms. The van der Waals surface area contributed by atoms with Crippen LogP contribution in [0.1, 0.15) is 26.7 Å². The maximum atomic E-state index is 13.7. The average Bonchev–Trinajstić information content (AvgIpc) is 2.82. The molecule has 1 saturated heterocycles. The Hall–Kier alpha value is -1.49. The van der Waals surface area contributed by atoms with Gasteiger partial charge in [-0.25, -0.2) is 4.39 Å². The van der Waals surface area contributed by atoms with Gasteiger partial charge in [-0.1, -0.05) is 6.92 Å². The Kier molecular flexibility index (Phi) is 5.06. The lowest BCUT2D eigenvalue weighted by atomic mass is 10.0. The highest BCUT2D eigenvalue weighted by Crippen LogP contribution is 2.29. The van der Waals surface area contributed by atoms with Crippen molar-refractivity contribution in [1.82, 2.24) is 0 Å². The number of nitrogens with two attached hydrogens (primary N) is 1. The van der Waals surface area contributed by atoms with Crippen molar-refractivity contribution in [3.8, 4) is 5.75 Å². The largest absolute Gasteiger partial charge is 0.490 e. The number of halogens is 1. The fourth-order valence-corrected chi connectivity index (χ4v) is 2.33. The molecule has 1 aromatic carbocycles. The molecule has 0 spiro atoms. The molecule has 0 saturated carbocycles. The Morgan fingerprint density at radius 3 is 2.95 bits per heavy atom. The zero-order valence-electron chi connectivity index (χ0n) is 12.1. The maximum absolute atomic E-state index is 13.7. The first-order valence-corrected chi connectivity index (χ1v) is 7.19. The van der Waals surface area contributed by atoms with Crippen LogP contribution in [0, 0.1) is 11.7 Å². The third-order valence-electron chi connectivity index (χ3n) is 3.65. The molecule has 1 heterocycles. The summed E-state index contributed by atoms with van der Waals surface area (Å²) in [6.07, 6.45) is 2.12. The minimum absolute atomic E-state index is 0.249. The number of anilines is 2. The first kappa shape index (κ1) is 14.9. The van der Waals surface area contributed by atoms with Crippen LogP contribution in [0.25, 0.3) is 0 Å². The number of hydrogen-bond acceptors (Lipinski definition) is 4. The number of hydrogen-bond donors (Lipinski definition) is 2. The van der Waals surface area contributed by atoms with Crippen molar-refractivity contribution in [2.75, 3.05) is 30.8 Å². The molecule has 0 aliphatic carbocycles. The minimum Gasteiger partial charge on any atom is -0.490 e. The highest BCUT2D eigenvalue weighted by molar-refractivity contribution is 5.68. The van der Waals surface area contributed by atoms with Gasteiger partial charge < -0.3 is 20.5 Å². The lowest BCUT2D eigenvalue weighted by Gasteiger charge is -2.17. The molecule has 1 aliphatic rings. The molecule has 0 radical (unpaired) electrons. The van der Waals surface area contributed by atoms with Gasteiger partial charge in [0.1, 0.15) is 0 Å². The van der Waals surface area contributed by atoms with E-state index in [0.29, 0.717) is 18.2 Å². The summed E-state index contributed by atoms with van der Waals surface area (Å²) in [5, 5.41) is 3.28. The molecule has 0 bridgehead atoms. The predicted molar refractivity (Wildman–Crippen MR) is 78.6 cm³/mol. The Bertz CT molecular complexity index is 454. The van der Waals surface area contributed by atoms with Crippen LogP contribution in [0.4, 0.5) is 15.8 Å². The molecule has 2 rings (SSSR count). The van der Waals surface area contributed by atoms with E-state index in [2.05, 4.69) is 12.2 Å². The van der Waals surface area contributed by atoms with Crippen molar-refractivity contribution in [3.63, 3.8) is 0 Å². The Morgan fingerprint density at radius 1 is 1.50 bits per heavy atom. The molecule has 2 atom stereocenters. The quantitative estimate of drug-likeness (QED) is 0.787. The van der Waals surface area contributed by atoms with Crippen LogP contribution >= 0.6 is 0 Å². The summed E-state index contributed by atoms with van der Waals surface area (Å²) in [5.74, 6) is 0.290. The Labute approximate surface area is 119 Å². The molecule has 20 heavy (non-hydrogen) atoms. The number of nitrogens with one attached hydrogen (secondary N) is 1. The molecule has 3 N–H and O–H groups in total. The monoisotopic (exact) mass is 282 g/mol. The molecule has 1 aromatic rings. The zero-order valence-corrected chi connectivity index (χ0v) is 12.1. The lowest BCUT2D eigenvalue weighted by Crippen LogP contribution is -2.21. The number of nitrogen functional groups attached to an aromatic ring is 1. The van der Waals surface area contributed by atoms with E-state index >= 15 is 0 Å². The summed E-state index contributed by atoms with van der Waals surface area (Å²) < 4.78 is 24.6. The molecular formula is C15H23FN2O2. The van der Waals surface area contributed by atoms with E-state index in [1.807, 2.05) is 6.92 Å². The van der Waals surface area contributed by atoms with Crippen molar-refractivity contribution >= 4 is 11.4 Å². The van der Waals surface area contributed by atoms with E-state index in [4.69, 9.17) is 15.2 Å². The van der Waals surface area contributed by atoms with E-state index in [0.717, 1.165) is 31.7 Å². The fourth-order valence-electron chi connectivity index (χ4n) is 2.33. The van der Waals surface area contributed by atoms with Crippen LogP contribution in [0.15, 0.2) is 12.1 Å². The summed E-state index contributed by atoms with van der Waals surface area (Å²) in [6, 6.07) is 2.95. The smallest absolute Gasteiger partial charge is 0.167 e. The molecule has 4 nitrogen and oxygen atoms in total. The SMILES string of the molecule is CCCOc1cc(NCC2CCOC2C)c(N)cc1F. The van der Waals surface area contributed by atoms with Crippen LogP contribution in [0.3, 0.4) is 0 Å². The van der Waals surface area contributed by atoms with Gasteiger partial charge in [-0.05, 0) is 19.8 Å². The fraction of sp³-hybridized carbons (Fsp3) is 0.600. The first-order chi connectivity index (χ1) is 9.61. The van der Waals surface area contributed by atoms with Gasteiger partial charge in [0.25, 0.3) is 0 Å². The van der Waals surface area contributed by atoms with Crippen molar-refractivity contribution in [2.45, 2.75) is 32.8 Å². The molecule has 0 amide bonds. The number of benzene rings is 1. The highest BCUT2D eigenvalue weighted by Gasteiger charge is 2.24. The third-order valence-corrected chi connectivity index (χ3v) is 3.65. The number of ether oxygens (including phenoxy) is 2. The summed E-state index contributed by atoms with van der Waals surface area (Å²) in [4.78, 5) is 0. The predicted octanol–water partition coefficient (Wildman–Crippen LogP) is 3.03. The van der Waals surface area contributed by atoms with Gasteiger partial charge in [-0.3, -0.25) is 0 Å². The van der Waals surface area contributed by atoms with Gasteiger partial charge in [0.05, 0.1) is 24.1 Å². The average molecular weight is 282 g/mol. The van der Waals surface area contributed by atoms with Crippen molar-refractivity contribution in [2.24, 2.45) is 5.92 Å². The Morgan fingerprint density at radius 2 is 2.30 bits per heavy atom. The van der Waals surface area contributed by atoms with Crippen molar-refractivity contribution < 1.29 is 13.9 Å². The normalized spacial score (nSPS) is 21.9. The van der Waals surface area contributed by atoms with Crippen LogP contribution in [-0.2, 0) is 4.74 Å². The summed E-state index contributed by atoms with van der Waals surface area (Å²) >= 11 is 0. The molecule has 1 aliphatic heterocycles. The van der Waals surface area contributed by atoms with Gasteiger partial charge in [0, 0.05) is 31.2 Å². The van der Waals surface area contributed by atoms with Crippen LogP contribution in [0.2, 0.25) is 0 Å². The standard InChI is InChI=1S/C15H23FN2O2/c1-3-5-20-15-8-14(13(17)7-12(15)16)18-9-11-4-6-19-10(11)2/h7-8,10-11,18H,3-6,9,17H2,1-2H3. The van der Waals surface area contributed by atoms with Crippen LogP contribution < -0.4 is 15.8 Å². The van der Waals surface area contributed by atoms with Crippen LogP contribution in [-0.4, -0.2) is 25.9 Å².